The number of hydrogen-bond donors (Lipinski definition) is 1. The summed E-state index contributed by atoms with van der Waals surface area (Å²) in [6.45, 7) is 1.22. The summed E-state index contributed by atoms with van der Waals surface area (Å²) in [6.07, 6.45) is 2.57. The van der Waals surface area contributed by atoms with E-state index in [-0.39, 0.29) is 0 Å². The number of carboxylic acid groups (broad SMARTS) is 1. The van der Waals surface area contributed by atoms with Gasteiger partial charge in [-0.05, 0) is 25.0 Å². The van der Waals surface area contributed by atoms with Crippen LogP contribution in [0.5, 0.6) is 0 Å². The standard InChI is InChI=1S/C10H13NO3/c12-10(13)11-5-3-8(4-6-11)9-2-1-7-14-9/h1-2,7-8H,3-6H2,(H,12,13). The van der Waals surface area contributed by atoms with Crippen LogP contribution in [0.2, 0.25) is 0 Å². The summed E-state index contributed by atoms with van der Waals surface area (Å²) in [5.74, 6) is 1.37. The van der Waals surface area contributed by atoms with Gasteiger partial charge in [-0.2, -0.15) is 0 Å². The van der Waals surface area contributed by atoms with Crippen LogP contribution in [0.1, 0.15) is 24.5 Å². The van der Waals surface area contributed by atoms with Crippen LogP contribution < -0.4 is 0 Å². The van der Waals surface area contributed by atoms with E-state index in [0.717, 1.165) is 18.6 Å². The summed E-state index contributed by atoms with van der Waals surface area (Å²) in [6, 6.07) is 3.83. The van der Waals surface area contributed by atoms with Gasteiger partial charge in [0.15, 0.2) is 0 Å². The molecule has 1 aromatic heterocycles. The smallest absolute Gasteiger partial charge is 0.407 e. The van der Waals surface area contributed by atoms with Crippen molar-refractivity contribution in [3.8, 4) is 0 Å². The number of amides is 1. The average molecular weight is 195 g/mol. The number of rotatable bonds is 1. The summed E-state index contributed by atoms with van der Waals surface area (Å²) in [5.41, 5.74) is 0. The Morgan fingerprint density at radius 1 is 1.50 bits per heavy atom. The van der Waals surface area contributed by atoms with Gasteiger partial charge in [-0.15, -0.1) is 0 Å². The van der Waals surface area contributed by atoms with Crippen LogP contribution in [-0.2, 0) is 0 Å². The SMILES string of the molecule is O=C(O)N1CCC(c2ccco2)CC1. The molecule has 1 fully saturated rings. The van der Waals surface area contributed by atoms with Gasteiger partial charge in [-0.25, -0.2) is 4.79 Å². The number of nitrogens with zero attached hydrogens (tertiary/aromatic N) is 1. The lowest BCUT2D eigenvalue weighted by Crippen LogP contribution is -2.36. The molecular formula is C10H13NO3. The average Bonchev–Trinajstić information content (AvgIpc) is 2.71. The second kappa shape index (κ2) is 3.74. The molecule has 4 nitrogen and oxygen atoms in total. The summed E-state index contributed by atoms with van der Waals surface area (Å²) in [5, 5.41) is 8.76. The Kier molecular flexibility index (Phi) is 2.43. The number of carbonyl (C=O) groups is 1. The molecule has 0 spiro atoms. The Morgan fingerprint density at radius 3 is 2.71 bits per heavy atom. The largest absolute Gasteiger partial charge is 0.469 e. The molecule has 0 saturated carbocycles. The molecule has 1 aliphatic heterocycles. The predicted octanol–water partition coefficient (Wildman–Crippen LogP) is 2.14. The van der Waals surface area contributed by atoms with Crippen molar-refractivity contribution in [1.82, 2.24) is 4.90 Å². The number of furan rings is 1. The van der Waals surface area contributed by atoms with Gasteiger partial charge < -0.3 is 14.4 Å². The molecular weight excluding hydrogens is 182 g/mol. The van der Waals surface area contributed by atoms with Crippen molar-refractivity contribution in [2.75, 3.05) is 13.1 Å². The van der Waals surface area contributed by atoms with E-state index in [2.05, 4.69) is 0 Å². The van der Waals surface area contributed by atoms with Gasteiger partial charge in [0.25, 0.3) is 0 Å². The van der Waals surface area contributed by atoms with Crippen LogP contribution >= 0.6 is 0 Å². The first-order valence-electron chi connectivity index (χ1n) is 4.78. The molecule has 0 bridgehead atoms. The van der Waals surface area contributed by atoms with Gasteiger partial charge >= 0.3 is 6.09 Å². The molecule has 4 heteroatoms. The molecule has 1 saturated heterocycles. The zero-order chi connectivity index (χ0) is 9.97. The highest BCUT2D eigenvalue weighted by Gasteiger charge is 2.24. The maximum Gasteiger partial charge on any atom is 0.407 e. The van der Waals surface area contributed by atoms with E-state index < -0.39 is 6.09 Å². The predicted molar refractivity (Wildman–Crippen MR) is 50.3 cm³/mol. The Labute approximate surface area is 82.1 Å². The highest BCUT2D eigenvalue weighted by atomic mass is 16.4. The fraction of sp³-hybridized carbons (Fsp3) is 0.500. The van der Waals surface area contributed by atoms with E-state index in [1.807, 2.05) is 12.1 Å². The quantitative estimate of drug-likeness (QED) is 0.746. The first-order valence-corrected chi connectivity index (χ1v) is 4.78. The van der Waals surface area contributed by atoms with Gasteiger partial charge in [-0.1, -0.05) is 0 Å². The van der Waals surface area contributed by atoms with Crippen molar-refractivity contribution >= 4 is 6.09 Å². The Hall–Kier alpha value is -1.45. The molecule has 14 heavy (non-hydrogen) atoms. The van der Waals surface area contributed by atoms with Crippen molar-refractivity contribution in [3.63, 3.8) is 0 Å². The van der Waals surface area contributed by atoms with E-state index in [1.54, 1.807) is 6.26 Å². The zero-order valence-electron chi connectivity index (χ0n) is 7.85. The number of likely N-dealkylation sites (tertiary alicyclic amines) is 1. The Morgan fingerprint density at radius 2 is 2.21 bits per heavy atom. The minimum absolute atomic E-state index is 0.389. The van der Waals surface area contributed by atoms with Crippen LogP contribution in [0, 0.1) is 0 Å². The fourth-order valence-corrected chi connectivity index (χ4v) is 1.88. The lowest BCUT2D eigenvalue weighted by molar-refractivity contribution is 0.130. The van der Waals surface area contributed by atoms with Gasteiger partial charge in [0.05, 0.1) is 6.26 Å². The second-order valence-corrected chi connectivity index (χ2v) is 3.56. The molecule has 1 N–H and O–H groups in total. The molecule has 0 atom stereocenters. The van der Waals surface area contributed by atoms with Crippen LogP contribution in [0.3, 0.4) is 0 Å². The van der Waals surface area contributed by atoms with Crippen LogP contribution in [0.25, 0.3) is 0 Å². The Balaban J connectivity index is 1.93. The summed E-state index contributed by atoms with van der Waals surface area (Å²) in [7, 11) is 0. The van der Waals surface area contributed by atoms with Crippen molar-refractivity contribution in [1.29, 1.82) is 0 Å². The van der Waals surface area contributed by atoms with Gasteiger partial charge in [-0.3, -0.25) is 0 Å². The van der Waals surface area contributed by atoms with E-state index in [0.29, 0.717) is 19.0 Å². The normalized spacial score (nSPS) is 18.4. The maximum atomic E-state index is 10.7. The van der Waals surface area contributed by atoms with Crippen molar-refractivity contribution in [2.24, 2.45) is 0 Å². The van der Waals surface area contributed by atoms with Gasteiger partial charge in [0, 0.05) is 19.0 Å². The minimum Gasteiger partial charge on any atom is -0.469 e. The van der Waals surface area contributed by atoms with Crippen LogP contribution in [0.15, 0.2) is 22.8 Å². The van der Waals surface area contributed by atoms with Crippen molar-refractivity contribution in [2.45, 2.75) is 18.8 Å². The molecule has 0 radical (unpaired) electrons. The van der Waals surface area contributed by atoms with Crippen LogP contribution in [0.4, 0.5) is 4.79 Å². The van der Waals surface area contributed by atoms with E-state index >= 15 is 0 Å². The third-order valence-electron chi connectivity index (χ3n) is 2.71. The molecule has 0 aromatic carbocycles. The molecule has 1 aliphatic rings. The molecule has 2 heterocycles. The maximum absolute atomic E-state index is 10.7. The van der Waals surface area contributed by atoms with Gasteiger partial charge in [0.1, 0.15) is 5.76 Å². The second-order valence-electron chi connectivity index (χ2n) is 3.56. The molecule has 76 valence electrons. The van der Waals surface area contributed by atoms with Crippen molar-refractivity contribution in [3.05, 3.63) is 24.2 Å². The zero-order valence-corrected chi connectivity index (χ0v) is 7.85. The van der Waals surface area contributed by atoms with E-state index in [1.165, 1.54) is 4.90 Å². The first-order chi connectivity index (χ1) is 6.77. The molecule has 1 aromatic rings. The molecule has 1 amide bonds. The highest BCUT2D eigenvalue weighted by Crippen LogP contribution is 2.27. The molecule has 0 unspecified atom stereocenters. The number of hydrogen-bond acceptors (Lipinski definition) is 2. The van der Waals surface area contributed by atoms with Crippen molar-refractivity contribution < 1.29 is 14.3 Å². The third-order valence-corrected chi connectivity index (χ3v) is 2.71. The van der Waals surface area contributed by atoms with Gasteiger partial charge in [0.2, 0.25) is 0 Å². The van der Waals surface area contributed by atoms with Crippen LogP contribution in [-0.4, -0.2) is 29.2 Å². The third kappa shape index (κ3) is 1.73. The number of piperidine rings is 1. The highest BCUT2D eigenvalue weighted by molar-refractivity contribution is 5.65. The first kappa shape index (κ1) is 9.12. The summed E-state index contributed by atoms with van der Waals surface area (Å²) >= 11 is 0. The summed E-state index contributed by atoms with van der Waals surface area (Å²) < 4.78 is 5.30. The monoisotopic (exact) mass is 195 g/mol. The minimum atomic E-state index is -0.817. The van der Waals surface area contributed by atoms with E-state index in [4.69, 9.17) is 9.52 Å². The van der Waals surface area contributed by atoms with E-state index in [9.17, 15) is 4.79 Å². The molecule has 2 rings (SSSR count). The summed E-state index contributed by atoms with van der Waals surface area (Å²) in [4.78, 5) is 12.1. The fourth-order valence-electron chi connectivity index (χ4n) is 1.88. The lowest BCUT2D eigenvalue weighted by atomic mass is 9.95. The topological polar surface area (TPSA) is 53.7 Å². The Bertz CT molecular complexity index is 299. The lowest BCUT2D eigenvalue weighted by Gasteiger charge is -2.28. The molecule has 0 aliphatic carbocycles.